The number of aliphatic hydroxyl groups excluding tert-OH is 6. The van der Waals surface area contributed by atoms with Gasteiger partial charge in [-0.1, -0.05) is 0 Å². The van der Waals surface area contributed by atoms with Crippen molar-refractivity contribution in [3.8, 4) is 11.5 Å². The number of carbonyl (C=O) groups excluding carboxylic acids is 1. The number of ether oxygens (including phenoxy) is 5. The molecule has 15 atom stereocenters. The number of likely N-dealkylation sites (N-methyl/N-ethyl adjacent to an activating group) is 1. The fourth-order valence-corrected chi connectivity index (χ4v) is 7.26. The molecular formula is C33H47N9O20S. The molecule has 2 heterocycles. The van der Waals surface area contributed by atoms with Gasteiger partial charge in [0.15, 0.2) is 36.4 Å². The molecule has 5 rings (SSSR count). The highest BCUT2D eigenvalue weighted by Crippen LogP contribution is 2.39. The Morgan fingerprint density at radius 1 is 0.937 bits per heavy atom. The van der Waals surface area contributed by atoms with E-state index in [0.29, 0.717) is 0 Å². The van der Waals surface area contributed by atoms with Crippen LogP contribution in [0.2, 0.25) is 0 Å². The molecule has 1 saturated carbocycles. The molecule has 2 aromatic rings. The zero-order valence-corrected chi connectivity index (χ0v) is 33.7. The number of nitrogens with zero attached hydrogens (tertiary/aromatic N) is 3. The Morgan fingerprint density at radius 3 is 2.06 bits per heavy atom. The topological polar surface area (TPSA) is 484 Å². The van der Waals surface area contributed by atoms with Gasteiger partial charge in [-0.2, -0.15) is 8.42 Å². The predicted octanol–water partition coefficient (Wildman–Crippen LogP) is -5.41. The van der Waals surface area contributed by atoms with Gasteiger partial charge in [0, 0.05) is 6.07 Å². The summed E-state index contributed by atoms with van der Waals surface area (Å²) in [5, 5.41) is 108. The van der Waals surface area contributed by atoms with Gasteiger partial charge >= 0.3 is 5.69 Å². The van der Waals surface area contributed by atoms with E-state index in [4.69, 9.17) is 50.8 Å². The average Bonchev–Trinajstić information content (AvgIpc) is 3.45. The molecule has 350 valence electrons. The molecule has 0 radical (unpaired) electrons. The number of carbonyl (C=O) groups is 1. The third kappa shape index (κ3) is 11.3. The lowest BCUT2D eigenvalue weighted by molar-refractivity contribution is -0.394. The fourth-order valence-electron chi connectivity index (χ4n) is 6.78. The molecule has 17 N–H and O–H groups in total. The van der Waals surface area contributed by atoms with E-state index in [1.807, 2.05) is 0 Å². The monoisotopic (exact) mass is 921 g/mol. The average molecular weight is 922 g/mol. The highest BCUT2D eigenvalue weighted by atomic mass is 32.2. The van der Waals surface area contributed by atoms with E-state index in [-0.39, 0.29) is 22.7 Å². The quantitative estimate of drug-likeness (QED) is 0.0210. The first-order valence-electron chi connectivity index (χ1n) is 18.3. The third-order valence-electron chi connectivity index (χ3n) is 10.1. The maximum atomic E-state index is 12.1. The number of aliphatic hydroxyl groups is 7. The summed E-state index contributed by atoms with van der Waals surface area (Å²) in [5.74, 6) is -1.36. The van der Waals surface area contributed by atoms with Crippen LogP contribution in [0.25, 0.3) is 0 Å². The number of non-ortho nitro benzene ring substituents is 1. The Labute approximate surface area is 355 Å². The van der Waals surface area contributed by atoms with Gasteiger partial charge in [-0.25, -0.2) is 4.99 Å². The van der Waals surface area contributed by atoms with E-state index in [2.05, 4.69) is 15.6 Å². The van der Waals surface area contributed by atoms with Gasteiger partial charge in [-0.15, -0.1) is 0 Å². The lowest BCUT2D eigenvalue weighted by Gasteiger charge is -2.46. The number of guanidine groups is 2. The van der Waals surface area contributed by atoms with Crippen LogP contribution >= 0.6 is 0 Å². The van der Waals surface area contributed by atoms with Crippen LogP contribution in [-0.4, -0.2) is 182 Å². The molecule has 2 saturated heterocycles. The summed E-state index contributed by atoms with van der Waals surface area (Å²) in [6.07, 6.45) is -17.3. The summed E-state index contributed by atoms with van der Waals surface area (Å²) in [6.45, 7) is 0.617. The Bertz CT molecular complexity index is 2100. The third-order valence-corrected chi connectivity index (χ3v) is 11.0. The lowest BCUT2D eigenvalue weighted by Crippen LogP contribution is -2.70. The molecule has 3 aliphatic rings. The number of benzene rings is 2. The molecule has 0 unspecified atom stereocenters. The molecule has 0 aromatic heterocycles. The largest absolute Gasteiger partial charge is 0.450 e. The lowest BCUT2D eigenvalue weighted by atomic mass is 9.81. The number of aliphatic imine (C=N–C) groups is 1. The van der Waals surface area contributed by atoms with Crippen LogP contribution in [0.15, 0.2) is 52.4 Å². The first-order chi connectivity index (χ1) is 29.4. The van der Waals surface area contributed by atoms with E-state index < -0.39 is 141 Å². The van der Waals surface area contributed by atoms with Gasteiger partial charge in [0.1, 0.15) is 60.6 Å². The van der Waals surface area contributed by atoms with E-state index in [1.54, 1.807) is 0 Å². The Balaban J connectivity index is 0.000000320. The van der Waals surface area contributed by atoms with Gasteiger partial charge in [0.25, 0.3) is 15.8 Å². The van der Waals surface area contributed by atoms with Crippen LogP contribution in [-0.2, 0) is 33.9 Å². The number of nitrogens with two attached hydrogens (primary N) is 3. The van der Waals surface area contributed by atoms with Crippen molar-refractivity contribution in [3.05, 3.63) is 62.7 Å². The zero-order valence-electron chi connectivity index (χ0n) is 32.9. The molecule has 2 aromatic carbocycles. The van der Waals surface area contributed by atoms with Crippen molar-refractivity contribution in [3.63, 3.8) is 0 Å². The van der Waals surface area contributed by atoms with Crippen LogP contribution in [0.1, 0.15) is 6.92 Å². The highest BCUT2D eigenvalue weighted by molar-refractivity contribution is 7.85. The van der Waals surface area contributed by atoms with E-state index in [0.717, 1.165) is 30.3 Å². The number of nitro groups is 2. The van der Waals surface area contributed by atoms with Crippen molar-refractivity contribution in [2.24, 2.45) is 22.2 Å². The molecule has 0 bridgehead atoms. The highest BCUT2D eigenvalue weighted by Gasteiger charge is 2.61. The van der Waals surface area contributed by atoms with Crippen LogP contribution in [0, 0.1) is 25.6 Å². The van der Waals surface area contributed by atoms with Crippen LogP contribution in [0.5, 0.6) is 11.5 Å². The summed E-state index contributed by atoms with van der Waals surface area (Å²) in [6, 6.07) is 3.27. The Kier molecular flexibility index (Phi) is 16.3. The minimum atomic E-state index is -4.37. The van der Waals surface area contributed by atoms with E-state index in [1.165, 1.54) is 26.1 Å². The summed E-state index contributed by atoms with van der Waals surface area (Å²) in [4.78, 5) is 35.6. The molecule has 0 amide bonds. The Morgan fingerprint density at radius 2 is 1.56 bits per heavy atom. The number of hydrogen-bond acceptors (Lipinski definition) is 22. The second-order valence-electron chi connectivity index (χ2n) is 14.1. The fraction of sp³-hybridized carbons (Fsp3) is 0.545. The second-order valence-corrected chi connectivity index (χ2v) is 15.6. The molecule has 29 nitrogen and oxygen atoms in total. The molecule has 63 heavy (non-hydrogen) atoms. The minimum Gasteiger partial charge on any atom is -0.450 e. The SMILES string of the molecule is CN[C@@H]1[C@H](O[C@H]2[C@H](O[C@H]3[C@H](O)[C@@H](O)[C@H](NC(=N)N)[C@@H](O)[C@@H]3N=C(N)N)O[C@@H](C)[C@]2(O)C=O)O[C@@H](CO)[C@H](O)[C@H]1O.O=[N+]([O-])c1ccc(Oc2ccc(S(=O)(=O)O)cc2)c([N+](=O)[O-])c1. The van der Waals surface area contributed by atoms with Crippen molar-refractivity contribution >= 4 is 39.7 Å². The van der Waals surface area contributed by atoms with Crippen LogP contribution in [0.3, 0.4) is 0 Å². The molecule has 2 aliphatic heterocycles. The number of nitro benzene ring substituents is 2. The van der Waals surface area contributed by atoms with E-state index >= 15 is 0 Å². The molecule has 0 spiro atoms. The summed E-state index contributed by atoms with van der Waals surface area (Å²) >= 11 is 0. The van der Waals surface area contributed by atoms with Crippen molar-refractivity contribution in [1.29, 1.82) is 5.41 Å². The minimum absolute atomic E-state index is 0.0503. The molecule has 30 heteroatoms. The summed E-state index contributed by atoms with van der Waals surface area (Å²) < 4.78 is 58.8. The van der Waals surface area contributed by atoms with Gasteiger partial charge in [-0.3, -0.25) is 35.0 Å². The summed E-state index contributed by atoms with van der Waals surface area (Å²) in [7, 11) is -2.95. The second kappa shape index (κ2) is 20.5. The van der Waals surface area contributed by atoms with Gasteiger partial charge in [0.2, 0.25) is 5.75 Å². The maximum absolute atomic E-state index is 12.1. The van der Waals surface area contributed by atoms with Crippen molar-refractivity contribution in [2.45, 2.75) is 103 Å². The normalized spacial score (nSPS) is 34.1. The smallest absolute Gasteiger partial charge is 0.318 e. The zero-order chi connectivity index (χ0) is 47.3. The molecular weight excluding hydrogens is 874 g/mol. The first kappa shape index (κ1) is 50.3. The number of hydrogen-bond donors (Lipinski definition) is 14. The van der Waals surface area contributed by atoms with Crippen molar-refractivity contribution in [2.75, 3.05) is 13.7 Å². The van der Waals surface area contributed by atoms with Crippen LogP contribution < -0.4 is 32.6 Å². The summed E-state index contributed by atoms with van der Waals surface area (Å²) in [5.41, 5.74) is 12.9. The number of nitrogens with one attached hydrogen (secondary N) is 3. The number of rotatable bonds is 14. The molecule has 3 fully saturated rings. The van der Waals surface area contributed by atoms with Crippen molar-refractivity contribution in [1.82, 2.24) is 10.6 Å². The van der Waals surface area contributed by atoms with Gasteiger partial charge in [0.05, 0.1) is 45.6 Å². The molecule has 1 aliphatic carbocycles. The maximum Gasteiger partial charge on any atom is 0.318 e. The number of aldehydes is 1. The van der Waals surface area contributed by atoms with Gasteiger partial charge < -0.3 is 87.3 Å². The van der Waals surface area contributed by atoms with E-state index in [9.17, 15) is 69.2 Å². The van der Waals surface area contributed by atoms with Crippen LogP contribution in [0.4, 0.5) is 11.4 Å². The Hall–Kier alpha value is -5.32. The standard InChI is InChI=1S/C21H39N7O12.C12H8N2O8S/c1-5-21(36,4-30)16(40-17-9(26-2)13(34)10(31)6(3-29)38-17)18(37-5)39-15-8(28-20(24)25)11(32)7(27-19(22)23)12(33)14(15)35;15-13(16)8-1-6-12(11(7-8)14(17)18)22-9-2-4-10(5-3-9)23(19,20)21/h4-18,26,29,31-36H,3H2,1-2H3,(H4,22,23,27)(H4,24,25,28);1-7H,(H,19,20,21)/t5-,6-,7+,8-,9-,10-,11+,12-,13-,14+,15+,16-,17-,18-,21+;/m0./s1. The predicted molar refractivity (Wildman–Crippen MR) is 208 cm³/mol. The first-order valence-corrected chi connectivity index (χ1v) is 19.7. The van der Waals surface area contributed by atoms with Crippen molar-refractivity contribution < 1.29 is 87.0 Å². The van der Waals surface area contributed by atoms with Gasteiger partial charge in [-0.05, 0) is 44.3 Å².